The Labute approximate surface area is 187 Å². The number of hydrogen-bond acceptors (Lipinski definition) is 4. The van der Waals surface area contributed by atoms with Gasteiger partial charge < -0.3 is 20.4 Å². The summed E-state index contributed by atoms with van der Waals surface area (Å²) in [5.74, 6) is -0.664. The zero-order chi connectivity index (χ0) is 21.6. The molecule has 0 aliphatic carbocycles. The minimum atomic E-state index is -1.19. The molecule has 0 saturated carbocycles. The number of halogens is 2. The molecule has 0 aliphatic rings. The number of alkyl halides is 2. The van der Waals surface area contributed by atoms with E-state index in [1.165, 1.54) is 70.6 Å². The molecule has 168 valence electrons. The molecule has 0 fully saturated rings. The predicted molar refractivity (Wildman–Crippen MR) is 123 cm³/mol. The number of carboxylic acid groups (broad SMARTS) is 1. The molecule has 0 bridgehead atoms. The number of aliphatic carboxylic acids is 1. The van der Waals surface area contributed by atoms with Gasteiger partial charge in [-0.25, -0.2) is 0 Å². The Hall–Kier alpha value is 0.0500. The van der Waals surface area contributed by atoms with Crippen LogP contribution < -0.4 is 0 Å². The molecule has 2 unspecified atom stereocenters. The van der Waals surface area contributed by atoms with Gasteiger partial charge in [-0.2, -0.15) is 0 Å². The van der Waals surface area contributed by atoms with E-state index in [9.17, 15) is 4.79 Å². The van der Waals surface area contributed by atoms with Gasteiger partial charge in [-0.1, -0.05) is 102 Å². The highest BCUT2D eigenvalue weighted by Crippen LogP contribution is 2.10. The monoisotopic (exact) mass is 530 g/mol. The third-order valence-electron chi connectivity index (χ3n) is 4.22. The normalized spacial score (nSPS) is 14.4. The van der Waals surface area contributed by atoms with Gasteiger partial charge in [-0.15, -0.1) is 0 Å². The van der Waals surface area contributed by atoms with Gasteiger partial charge in [-0.3, -0.25) is 4.79 Å². The Bertz CT molecular complexity index is 355. The Morgan fingerprint density at radius 2 is 1.14 bits per heavy atom. The van der Waals surface area contributed by atoms with Crippen LogP contribution in [0.3, 0.4) is 0 Å². The van der Waals surface area contributed by atoms with Crippen molar-refractivity contribution in [3.8, 4) is 0 Å². The van der Waals surface area contributed by atoms with Crippen LogP contribution in [0.5, 0.6) is 0 Å². The third kappa shape index (κ3) is 26.1. The van der Waals surface area contributed by atoms with Crippen LogP contribution in [0.1, 0.15) is 96.8 Å². The molecule has 5 nitrogen and oxygen atoms in total. The highest BCUT2D eigenvalue weighted by molar-refractivity contribution is 9.10. The second kappa shape index (κ2) is 23.3. The van der Waals surface area contributed by atoms with Crippen LogP contribution in [-0.4, -0.2) is 42.5 Å². The van der Waals surface area contributed by atoms with E-state index < -0.39 is 22.1 Å². The molecule has 2 atom stereocenters. The highest BCUT2D eigenvalue weighted by atomic mass is 79.9. The smallest absolute Gasteiger partial charge is 0.303 e. The summed E-state index contributed by atoms with van der Waals surface area (Å²) < 4.78 is 0. The maximum atomic E-state index is 10.3. The van der Waals surface area contributed by atoms with Gasteiger partial charge in [0.15, 0.2) is 0 Å². The number of rotatable bonds is 17. The van der Waals surface area contributed by atoms with Gasteiger partial charge in [0.05, 0.1) is 0 Å². The van der Waals surface area contributed by atoms with Crippen LogP contribution in [-0.2, 0) is 4.79 Å². The second-order valence-corrected chi connectivity index (χ2v) is 8.84. The molecule has 0 radical (unpaired) electrons. The number of aliphatic hydroxyl groups excluding tert-OH is 3. The van der Waals surface area contributed by atoms with Crippen molar-refractivity contribution in [3.63, 3.8) is 0 Å². The van der Waals surface area contributed by atoms with E-state index in [4.69, 9.17) is 20.4 Å². The van der Waals surface area contributed by atoms with Gasteiger partial charge in [0.1, 0.15) is 16.1 Å². The minimum absolute atomic E-state index is 0.332. The maximum Gasteiger partial charge on any atom is 0.303 e. The SMILES string of the molecule is CCCCCCCCC=CCCCCCCCC(=O)O.OC(Br)C(O)C(O)Br. The Balaban J connectivity index is 0. The molecule has 0 heterocycles. The van der Waals surface area contributed by atoms with Crippen molar-refractivity contribution < 1.29 is 25.2 Å². The van der Waals surface area contributed by atoms with E-state index in [1.807, 2.05) is 0 Å². The first-order valence-electron chi connectivity index (χ1n) is 10.5. The van der Waals surface area contributed by atoms with Crippen molar-refractivity contribution in [2.24, 2.45) is 0 Å². The van der Waals surface area contributed by atoms with Crippen LogP contribution in [0.25, 0.3) is 0 Å². The molecular weight excluding hydrogens is 492 g/mol. The first-order chi connectivity index (χ1) is 13.3. The quantitative estimate of drug-likeness (QED) is 0.107. The van der Waals surface area contributed by atoms with Crippen LogP contribution in [0.2, 0.25) is 0 Å². The number of carboxylic acids is 1. The second-order valence-electron chi connectivity index (χ2n) is 6.96. The van der Waals surface area contributed by atoms with Crippen molar-refractivity contribution in [2.45, 2.75) is 113 Å². The van der Waals surface area contributed by atoms with Crippen LogP contribution in [0.15, 0.2) is 12.2 Å². The summed E-state index contributed by atoms with van der Waals surface area (Å²) in [6.07, 6.45) is 20.1. The van der Waals surface area contributed by atoms with Crippen LogP contribution >= 0.6 is 31.9 Å². The molecule has 0 amide bonds. The lowest BCUT2D eigenvalue weighted by molar-refractivity contribution is -0.137. The van der Waals surface area contributed by atoms with Gasteiger partial charge in [0.2, 0.25) is 0 Å². The molecular formula is C21H40Br2O5. The van der Waals surface area contributed by atoms with E-state index in [2.05, 4.69) is 50.9 Å². The van der Waals surface area contributed by atoms with Gasteiger partial charge in [-0.05, 0) is 32.1 Å². The van der Waals surface area contributed by atoms with E-state index in [-0.39, 0.29) is 0 Å². The lowest BCUT2D eigenvalue weighted by atomic mass is 10.1. The Morgan fingerprint density at radius 1 is 0.750 bits per heavy atom. The molecule has 0 aromatic rings. The number of unbranched alkanes of at least 4 members (excludes halogenated alkanes) is 11. The Morgan fingerprint density at radius 3 is 1.50 bits per heavy atom. The summed E-state index contributed by atoms with van der Waals surface area (Å²) in [6.45, 7) is 2.26. The molecule has 0 aliphatic heterocycles. The molecule has 7 heteroatoms. The van der Waals surface area contributed by atoms with Crippen molar-refractivity contribution in [1.29, 1.82) is 0 Å². The zero-order valence-electron chi connectivity index (χ0n) is 17.2. The highest BCUT2D eigenvalue weighted by Gasteiger charge is 2.18. The van der Waals surface area contributed by atoms with Gasteiger partial charge in [0, 0.05) is 6.42 Å². The van der Waals surface area contributed by atoms with Crippen molar-refractivity contribution >= 4 is 37.8 Å². The summed E-state index contributed by atoms with van der Waals surface area (Å²) in [7, 11) is 0. The summed E-state index contributed by atoms with van der Waals surface area (Å²) in [5, 5.41) is 31.9. The standard InChI is InChI=1S/C18H34O2.C3H6Br2O3/c1-2-3-4-5-6-7-8-9-10-11-12-13-14-15-16-17-18(19)20;4-2(7)1(6)3(5)8/h9-10H,2-8,11-17H2,1H3,(H,19,20);1-3,6-8H. The molecule has 28 heavy (non-hydrogen) atoms. The summed E-state index contributed by atoms with van der Waals surface area (Å²) >= 11 is 5.31. The lowest BCUT2D eigenvalue weighted by Gasteiger charge is -2.12. The lowest BCUT2D eigenvalue weighted by Crippen LogP contribution is -2.29. The number of aliphatic hydroxyl groups is 3. The average molecular weight is 532 g/mol. The summed E-state index contributed by atoms with van der Waals surface area (Å²) in [6, 6.07) is 0. The molecule has 0 aromatic carbocycles. The largest absolute Gasteiger partial charge is 0.481 e. The number of allylic oxidation sites excluding steroid dienone is 2. The maximum absolute atomic E-state index is 10.3. The van der Waals surface area contributed by atoms with E-state index in [0.717, 1.165) is 12.8 Å². The molecule has 0 spiro atoms. The fraction of sp³-hybridized carbons (Fsp3) is 0.857. The van der Waals surface area contributed by atoms with Crippen molar-refractivity contribution in [1.82, 2.24) is 0 Å². The van der Waals surface area contributed by atoms with E-state index >= 15 is 0 Å². The first kappa shape index (κ1) is 30.2. The summed E-state index contributed by atoms with van der Waals surface area (Å²) in [4.78, 5) is 10.3. The average Bonchev–Trinajstić information content (AvgIpc) is 2.64. The van der Waals surface area contributed by atoms with Crippen LogP contribution in [0, 0.1) is 0 Å². The zero-order valence-corrected chi connectivity index (χ0v) is 20.4. The van der Waals surface area contributed by atoms with Crippen LogP contribution in [0.4, 0.5) is 0 Å². The van der Waals surface area contributed by atoms with Crippen molar-refractivity contribution in [2.75, 3.05) is 0 Å². The molecule has 0 saturated heterocycles. The fourth-order valence-corrected chi connectivity index (χ4v) is 3.47. The van der Waals surface area contributed by atoms with Crippen molar-refractivity contribution in [3.05, 3.63) is 12.2 Å². The fourth-order valence-electron chi connectivity index (χ4n) is 2.48. The molecule has 0 rings (SSSR count). The topological polar surface area (TPSA) is 98.0 Å². The number of hydrogen-bond donors (Lipinski definition) is 4. The van der Waals surface area contributed by atoms with Gasteiger partial charge in [0.25, 0.3) is 0 Å². The predicted octanol–water partition coefficient (Wildman–Crippen LogP) is 5.88. The van der Waals surface area contributed by atoms with Gasteiger partial charge >= 0.3 is 5.97 Å². The molecule has 0 aromatic heterocycles. The van der Waals surface area contributed by atoms with E-state index in [1.54, 1.807) is 0 Å². The first-order valence-corrected chi connectivity index (χ1v) is 12.3. The number of carbonyl (C=O) groups is 1. The summed E-state index contributed by atoms with van der Waals surface area (Å²) in [5.41, 5.74) is 0. The van der Waals surface area contributed by atoms with E-state index in [0.29, 0.717) is 6.42 Å². The molecule has 4 N–H and O–H groups in total. The minimum Gasteiger partial charge on any atom is -0.481 e. The Kier molecular flexibility index (Phi) is 25.2. The third-order valence-corrected chi connectivity index (χ3v) is 5.30.